The lowest BCUT2D eigenvalue weighted by molar-refractivity contribution is 0.576. The second-order valence-corrected chi connectivity index (χ2v) is 6.42. The molecule has 0 bridgehead atoms. The first-order valence-electron chi connectivity index (χ1n) is 6.37. The van der Waals surface area contributed by atoms with E-state index in [0.29, 0.717) is 12.4 Å². The van der Waals surface area contributed by atoms with Crippen molar-refractivity contribution in [1.82, 2.24) is 19.6 Å². The van der Waals surface area contributed by atoms with Crippen LogP contribution >= 0.6 is 0 Å². The van der Waals surface area contributed by atoms with E-state index in [2.05, 4.69) is 21.1 Å². The molecule has 7 heteroatoms. The summed E-state index contributed by atoms with van der Waals surface area (Å²) in [6.45, 7) is 4.04. The van der Waals surface area contributed by atoms with Gasteiger partial charge in [-0.05, 0) is 26.3 Å². The van der Waals surface area contributed by atoms with Gasteiger partial charge in [0.2, 0.25) is 0 Å². The van der Waals surface area contributed by atoms with Crippen molar-refractivity contribution in [3.05, 3.63) is 23.7 Å². The van der Waals surface area contributed by atoms with Gasteiger partial charge < -0.3 is 9.88 Å². The first kappa shape index (κ1) is 14.2. The molecule has 0 amide bonds. The van der Waals surface area contributed by atoms with E-state index in [-0.39, 0.29) is 5.03 Å². The summed E-state index contributed by atoms with van der Waals surface area (Å²) in [5, 5.41) is 3.32. The highest BCUT2D eigenvalue weighted by Crippen LogP contribution is 2.10. The quantitative estimate of drug-likeness (QED) is 0.763. The van der Waals surface area contributed by atoms with Gasteiger partial charge in [-0.15, -0.1) is 0 Å². The summed E-state index contributed by atoms with van der Waals surface area (Å²) in [6, 6.07) is 0. The number of nitrogens with zero attached hydrogens (tertiary/aromatic N) is 2. The van der Waals surface area contributed by atoms with Crippen LogP contribution in [0.1, 0.15) is 18.7 Å². The molecule has 0 aliphatic carbocycles. The van der Waals surface area contributed by atoms with E-state index in [1.807, 2.05) is 0 Å². The fraction of sp³-hybridized carbons (Fsp3) is 0.583. The van der Waals surface area contributed by atoms with E-state index >= 15 is 0 Å². The van der Waals surface area contributed by atoms with Crippen molar-refractivity contribution < 1.29 is 8.42 Å². The van der Waals surface area contributed by atoms with Gasteiger partial charge in [0.05, 0.1) is 0 Å². The Morgan fingerprint density at radius 1 is 1.53 bits per heavy atom. The second kappa shape index (κ2) is 5.85. The predicted octanol–water partition coefficient (Wildman–Crippen LogP) is 0.317. The van der Waals surface area contributed by atoms with Crippen LogP contribution in [0.25, 0.3) is 0 Å². The lowest BCUT2D eigenvalue weighted by Gasteiger charge is -2.13. The highest BCUT2D eigenvalue weighted by Gasteiger charge is 2.18. The van der Waals surface area contributed by atoms with Crippen LogP contribution < -0.4 is 10.0 Å². The Hall–Kier alpha value is -1.18. The maximum atomic E-state index is 12.0. The van der Waals surface area contributed by atoms with Gasteiger partial charge in [0, 0.05) is 26.3 Å². The van der Waals surface area contributed by atoms with Crippen LogP contribution in [0.5, 0.6) is 0 Å². The molecule has 0 atom stereocenters. The molecule has 1 aromatic heterocycles. The van der Waals surface area contributed by atoms with Crippen molar-refractivity contribution in [2.45, 2.75) is 24.8 Å². The molecule has 106 valence electrons. The molecule has 2 heterocycles. The molecule has 6 nitrogen and oxygen atoms in total. The van der Waals surface area contributed by atoms with Crippen molar-refractivity contribution in [3.8, 4) is 0 Å². The topological polar surface area (TPSA) is 76.0 Å². The standard InChI is InChI=1S/C12H20N4O2S/c1-10-15-12(9-16(10)2)19(17,18)14-8-5-11-3-6-13-7-4-11/h3,9,13-14H,4-8H2,1-2H3. The summed E-state index contributed by atoms with van der Waals surface area (Å²) in [6.07, 6.45) is 5.40. The molecule has 1 aliphatic rings. The number of aromatic nitrogens is 2. The van der Waals surface area contributed by atoms with Crippen molar-refractivity contribution in [1.29, 1.82) is 0 Å². The summed E-state index contributed by atoms with van der Waals surface area (Å²) in [7, 11) is -1.71. The zero-order chi connectivity index (χ0) is 13.9. The van der Waals surface area contributed by atoms with Gasteiger partial charge >= 0.3 is 0 Å². The Kier molecular flexibility index (Phi) is 4.38. The molecule has 0 saturated heterocycles. The molecule has 0 spiro atoms. The minimum absolute atomic E-state index is 0.0896. The van der Waals surface area contributed by atoms with Gasteiger partial charge in [-0.3, -0.25) is 0 Å². The highest BCUT2D eigenvalue weighted by molar-refractivity contribution is 7.89. The zero-order valence-electron chi connectivity index (χ0n) is 11.3. The van der Waals surface area contributed by atoms with Crippen molar-refractivity contribution in [2.24, 2.45) is 7.05 Å². The fourth-order valence-corrected chi connectivity index (χ4v) is 3.04. The Morgan fingerprint density at radius 3 is 2.89 bits per heavy atom. The zero-order valence-corrected chi connectivity index (χ0v) is 12.1. The number of nitrogens with one attached hydrogen (secondary N) is 2. The summed E-state index contributed by atoms with van der Waals surface area (Å²) in [5.41, 5.74) is 1.30. The monoisotopic (exact) mass is 284 g/mol. The van der Waals surface area contributed by atoms with Crippen molar-refractivity contribution >= 4 is 10.0 Å². The number of hydrogen-bond acceptors (Lipinski definition) is 4. The summed E-state index contributed by atoms with van der Waals surface area (Å²) in [5.74, 6) is 0.682. The SMILES string of the molecule is Cc1nc(S(=O)(=O)NCCC2=CCNCC2)cn1C. The summed E-state index contributed by atoms with van der Waals surface area (Å²) >= 11 is 0. The lowest BCUT2D eigenvalue weighted by Crippen LogP contribution is -2.27. The van der Waals surface area contributed by atoms with Crippen LogP contribution in [-0.4, -0.2) is 37.6 Å². The average Bonchev–Trinajstić information content (AvgIpc) is 2.72. The maximum absolute atomic E-state index is 12.0. The molecular formula is C12H20N4O2S. The van der Waals surface area contributed by atoms with E-state index < -0.39 is 10.0 Å². The first-order chi connectivity index (χ1) is 8.99. The smallest absolute Gasteiger partial charge is 0.259 e. The van der Waals surface area contributed by atoms with Gasteiger partial charge in [-0.2, -0.15) is 0 Å². The predicted molar refractivity (Wildman–Crippen MR) is 73.3 cm³/mol. The average molecular weight is 284 g/mol. The normalized spacial score (nSPS) is 16.4. The van der Waals surface area contributed by atoms with E-state index in [1.54, 1.807) is 18.5 Å². The second-order valence-electron chi connectivity index (χ2n) is 4.70. The molecule has 0 radical (unpaired) electrons. The first-order valence-corrected chi connectivity index (χ1v) is 7.85. The number of rotatable bonds is 5. The summed E-state index contributed by atoms with van der Waals surface area (Å²) in [4.78, 5) is 4.04. The molecule has 1 aliphatic heterocycles. The van der Waals surface area contributed by atoms with Gasteiger partial charge in [0.1, 0.15) is 5.82 Å². The molecule has 0 aromatic carbocycles. The largest absolute Gasteiger partial charge is 0.337 e. The third-order valence-electron chi connectivity index (χ3n) is 3.26. The van der Waals surface area contributed by atoms with E-state index in [4.69, 9.17) is 0 Å². The van der Waals surface area contributed by atoms with Crippen molar-refractivity contribution in [2.75, 3.05) is 19.6 Å². The minimum atomic E-state index is -3.49. The van der Waals surface area contributed by atoms with E-state index in [9.17, 15) is 8.42 Å². The van der Waals surface area contributed by atoms with Gasteiger partial charge in [0.25, 0.3) is 10.0 Å². The highest BCUT2D eigenvalue weighted by atomic mass is 32.2. The van der Waals surface area contributed by atoms with Gasteiger partial charge in [-0.1, -0.05) is 11.6 Å². The molecule has 2 N–H and O–H groups in total. The Bertz CT molecular complexity index is 555. The number of aryl methyl sites for hydroxylation is 2. The van der Waals surface area contributed by atoms with Crippen LogP contribution in [0.2, 0.25) is 0 Å². The molecule has 1 aromatic rings. The Labute approximate surface area is 114 Å². The Morgan fingerprint density at radius 2 is 2.32 bits per heavy atom. The Balaban J connectivity index is 1.92. The van der Waals surface area contributed by atoms with Crippen LogP contribution in [0.4, 0.5) is 0 Å². The van der Waals surface area contributed by atoms with Crippen LogP contribution in [0.15, 0.2) is 22.9 Å². The van der Waals surface area contributed by atoms with Gasteiger partial charge in [-0.25, -0.2) is 18.1 Å². The minimum Gasteiger partial charge on any atom is -0.337 e. The molecule has 0 fully saturated rings. The lowest BCUT2D eigenvalue weighted by atomic mass is 10.1. The summed E-state index contributed by atoms with van der Waals surface area (Å²) < 4.78 is 28.3. The van der Waals surface area contributed by atoms with Crippen LogP contribution in [-0.2, 0) is 17.1 Å². The van der Waals surface area contributed by atoms with E-state index in [0.717, 1.165) is 25.9 Å². The van der Waals surface area contributed by atoms with Crippen LogP contribution in [0.3, 0.4) is 0 Å². The number of imidazole rings is 1. The third-order valence-corrected chi connectivity index (χ3v) is 4.59. The molecule has 2 rings (SSSR count). The van der Waals surface area contributed by atoms with E-state index in [1.165, 1.54) is 11.8 Å². The van der Waals surface area contributed by atoms with Gasteiger partial charge in [0.15, 0.2) is 5.03 Å². The number of hydrogen-bond donors (Lipinski definition) is 2. The molecular weight excluding hydrogens is 264 g/mol. The fourth-order valence-electron chi connectivity index (χ4n) is 1.97. The maximum Gasteiger partial charge on any atom is 0.259 e. The molecule has 19 heavy (non-hydrogen) atoms. The molecule has 0 saturated carbocycles. The van der Waals surface area contributed by atoms with Crippen LogP contribution in [0, 0.1) is 6.92 Å². The molecule has 0 unspecified atom stereocenters. The van der Waals surface area contributed by atoms with Crippen molar-refractivity contribution in [3.63, 3.8) is 0 Å². The third kappa shape index (κ3) is 3.65. The number of sulfonamides is 1.